The van der Waals surface area contributed by atoms with Crippen LogP contribution >= 0.6 is 15.9 Å². The van der Waals surface area contributed by atoms with Crippen molar-refractivity contribution in [2.24, 2.45) is 0 Å². The predicted molar refractivity (Wildman–Crippen MR) is 85.5 cm³/mol. The Bertz CT molecular complexity index is 759. The van der Waals surface area contributed by atoms with Gasteiger partial charge >= 0.3 is 0 Å². The van der Waals surface area contributed by atoms with Gasteiger partial charge in [-0.3, -0.25) is 10.1 Å². The molecule has 0 fully saturated rings. The van der Waals surface area contributed by atoms with Crippen LogP contribution in [-0.4, -0.2) is 4.92 Å². The standard InChI is InChI=1S/C16H11BrN2O2/c1-11-2-3-12(9-16(11)17)8-14(10-18)13-4-6-15(7-5-13)19(20)21/h2-9H,1H3/b14-8-. The van der Waals surface area contributed by atoms with E-state index in [4.69, 9.17) is 0 Å². The van der Waals surface area contributed by atoms with Gasteiger partial charge in [-0.05, 0) is 47.9 Å². The van der Waals surface area contributed by atoms with Crippen molar-refractivity contribution in [2.75, 3.05) is 0 Å². The van der Waals surface area contributed by atoms with E-state index in [-0.39, 0.29) is 5.69 Å². The Hall–Kier alpha value is -2.45. The molecule has 4 nitrogen and oxygen atoms in total. The van der Waals surface area contributed by atoms with E-state index in [1.54, 1.807) is 18.2 Å². The summed E-state index contributed by atoms with van der Waals surface area (Å²) >= 11 is 3.45. The molecule has 0 saturated heterocycles. The summed E-state index contributed by atoms with van der Waals surface area (Å²) in [6.45, 7) is 1.99. The summed E-state index contributed by atoms with van der Waals surface area (Å²) in [7, 11) is 0. The van der Waals surface area contributed by atoms with E-state index in [9.17, 15) is 15.4 Å². The molecule has 0 aromatic heterocycles. The van der Waals surface area contributed by atoms with Crippen molar-refractivity contribution in [2.45, 2.75) is 6.92 Å². The number of hydrogen-bond donors (Lipinski definition) is 0. The quantitative estimate of drug-likeness (QED) is 0.350. The lowest BCUT2D eigenvalue weighted by Crippen LogP contribution is -1.88. The summed E-state index contributed by atoms with van der Waals surface area (Å²) in [5.74, 6) is 0. The van der Waals surface area contributed by atoms with Crippen LogP contribution in [0.1, 0.15) is 16.7 Å². The van der Waals surface area contributed by atoms with E-state index in [1.807, 2.05) is 25.1 Å². The number of non-ortho nitro benzene ring substituents is 1. The molecule has 0 atom stereocenters. The Morgan fingerprint density at radius 1 is 1.29 bits per heavy atom. The highest BCUT2D eigenvalue weighted by atomic mass is 79.9. The third-order valence-electron chi connectivity index (χ3n) is 3.02. The Labute approximate surface area is 130 Å². The molecular weight excluding hydrogens is 332 g/mol. The number of nitriles is 1. The molecule has 2 aromatic carbocycles. The Balaban J connectivity index is 2.39. The van der Waals surface area contributed by atoms with Crippen LogP contribution in [0.5, 0.6) is 0 Å². The molecule has 2 aromatic rings. The maximum Gasteiger partial charge on any atom is 0.269 e. The fourth-order valence-electron chi connectivity index (χ4n) is 1.81. The summed E-state index contributed by atoms with van der Waals surface area (Å²) in [6.07, 6.45) is 1.76. The first kappa shape index (κ1) is 14.9. The summed E-state index contributed by atoms with van der Waals surface area (Å²) in [5, 5.41) is 19.9. The minimum absolute atomic E-state index is 0.00844. The molecule has 0 unspecified atom stereocenters. The minimum Gasteiger partial charge on any atom is -0.258 e. The highest BCUT2D eigenvalue weighted by Gasteiger charge is 2.07. The van der Waals surface area contributed by atoms with E-state index in [0.717, 1.165) is 15.6 Å². The molecule has 0 spiro atoms. The van der Waals surface area contributed by atoms with Crippen molar-refractivity contribution in [3.05, 3.63) is 73.7 Å². The molecule has 0 amide bonds. The SMILES string of the molecule is Cc1ccc(/C=C(/C#N)c2ccc([N+](=O)[O-])cc2)cc1Br. The van der Waals surface area contributed by atoms with Crippen LogP contribution in [0.2, 0.25) is 0 Å². The topological polar surface area (TPSA) is 66.9 Å². The third-order valence-corrected chi connectivity index (χ3v) is 3.87. The molecular formula is C16H11BrN2O2. The molecule has 0 radical (unpaired) electrons. The fraction of sp³-hybridized carbons (Fsp3) is 0.0625. The molecule has 0 aliphatic carbocycles. The van der Waals surface area contributed by atoms with E-state index in [2.05, 4.69) is 22.0 Å². The fourth-order valence-corrected chi connectivity index (χ4v) is 2.20. The summed E-state index contributed by atoms with van der Waals surface area (Å²) < 4.78 is 0.970. The lowest BCUT2D eigenvalue weighted by molar-refractivity contribution is -0.384. The summed E-state index contributed by atoms with van der Waals surface area (Å²) in [4.78, 5) is 10.2. The second-order valence-corrected chi connectivity index (χ2v) is 5.34. The number of benzene rings is 2. The van der Waals surface area contributed by atoms with Gasteiger partial charge in [-0.25, -0.2) is 0 Å². The van der Waals surface area contributed by atoms with Crippen LogP contribution in [0.3, 0.4) is 0 Å². The molecule has 2 rings (SSSR count). The maximum absolute atomic E-state index is 10.6. The lowest BCUT2D eigenvalue weighted by Gasteiger charge is -2.02. The van der Waals surface area contributed by atoms with Gasteiger partial charge in [-0.2, -0.15) is 5.26 Å². The van der Waals surface area contributed by atoms with Crippen molar-refractivity contribution in [1.29, 1.82) is 5.26 Å². The van der Waals surface area contributed by atoms with Crippen molar-refractivity contribution in [3.63, 3.8) is 0 Å². The molecule has 104 valence electrons. The van der Waals surface area contributed by atoms with Crippen LogP contribution in [0.15, 0.2) is 46.9 Å². The largest absolute Gasteiger partial charge is 0.269 e. The third kappa shape index (κ3) is 3.56. The van der Waals surface area contributed by atoms with Crippen molar-refractivity contribution >= 4 is 33.3 Å². The first-order valence-corrected chi connectivity index (χ1v) is 6.93. The van der Waals surface area contributed by atoms with Gasteiger partial charge in [0.05, 0.1) is 16.6 Å². The highest BCUT2D eigenvalue weighted by Crippen LogP contribution is 2.23. The van der Waals surface area contributed by atoms with Gasteiger partial charge in [0.1, 0.15) is 0 Å². The zero-order valence-corrected chi connectivity index (χ0v) is 12.8. The Morgan fingerprint density at radius 3 is 2.48 bits per heavy atom. The van der Waals surface area contributed by atoms with Crippen molar-refractivity contribution in [1.82, 2.24) is 0 Å². The van der Waals surface area contributed by atoms with Crippen LogP contribution in [0.4, 0.5) is 5.69 Å². The lowest BCUT2D eigenvalue weighted by atomic mass is 10.0. The van der Waals surface area contributed by atoms with E-state index in [0.29, 0.717) is 11.1 Å². The van der Waals surface area contributed by atoms with Crippen LogP contribution in [0, 0.1) is 28.4 Å². The molecule has 0 N–H and O–H groups in total. The predicted octanol–water partition coefficient (Wildman–Crippen LogP) is 4.73. The van der Waals surface area contributed by atoms with Gasteiger partial charge in [0.2, 0.25) is 0 Å². The van der Waals surface area contributed by atoms with Gasteiger partial charge in [0, 0.05) is 16.6 Å². The maximum atomic E-state index is 10.6. The number of nitrogens with zero attached hydrogens (tertiary/aromatic N) is 2. The molecule has 21 heavy (non-hydrogen) atoms. The second-order valence-electron chi connectivity index (χ2n) is 4.48. The van der Waals surface area contributed by atoms with Gasteiger partial charge in [0.15, 0.2) is 0 Å². The van der Waals surface area contributed by atoms with Crippen LogP contribution in [-0.2, 0) is 0 Å². The zero-order valence-electron chi connectivity index (χ0n) is 11.2. The Kier molecular flexibility index (Phi) is 4.51. The number of nitro groups is 1. The monoisotopic (exact) mass is 342 g/mol. The van der Waals surface area contributed by atoms with Gasteiger partial charge < -0.3 is 0 Å². The average Bonchev–Trinajstić information content (AvgIpc) is 2.48. The van der Waals surface area contributed by atoms with Crippen molar-refractivity contribution in [3.8, 4) is 6.07 Å². The number of rotatable bonds is 3. The first-order chi connectivity index (χ1) is 10.0. The van der Waals surface area contributed by atoms with Gasteiger partial charge in [0.25, 0.3) is 5.69 Å². The number of allylic oxidation sites excluding steroid dienone is 1. The van der Waals surface area contributed by atoms with Crippen LogP contribution < -0.4 is 0 Å². The summed E-state index contributed by atoms with van der Waals surface area (Å²) in [5.41, 5.74) is 3.12. The highest BCUT2D eigenvalue weighted by molar-refractivity contribution is 9.10. The minimum atomic E-state index is -0.462. The molecule has 0 heterocycles. The molecule has 0 bridgehead atoms. The van der Waals surface area contributed by atoms with E-state index in [1.165, 1.54) is 12.1 Å². The van der Waals surface area contributed by atoms with E-state index >= 15 is 0 Å². The van der Waals surface area contributed by atoms with Gasteiger partial charge in [-0.15, -0.1) is 0 Å². The number of nitro benzene ring substituents is 1. The molecule has 5 heteroatoms. The van der Waals surface area contributed by atoms with E-state index < -0.39 is 4.92 Å². The van der Waals surface area contributed by atoms with Crippen LogP contribution in [0.25, 0.3) is 11.6 Å². The molecule has 0 saturated carbocycles. The Morgan fingerprint density at radius 2 is 1.95 bits per heavy atom. The second kappa shape index (κ2) is 6.33. The summed E-state index contributed by atoms with van der Waals surface area (Å²) in [6, 6.07) is 13.9. The first-order valence-electron chi connectivity index (χ1n) is 6.14. The van der Waals surface area contributed by atoms with Crippen molar-refractivity contribution < 1.29 is 4.92 Å². The van der Waals surface area contributed by atoms with Gasteiger partial charge in [-0.1, -0.05) is 28.1 Å². The molecule has 0 aliphatic rings. The zero-order chi connectivity index (χ0) is 15.4. The number of halogens is 1. The smallest absolute Gasteiger partial charge is 0.258 e. The molecule has 0 aliphatic heterocycles. The average molecular weight is 343 g/mol. The number of hydrogen-bond acceptors (Lipinski definition) is 3. The number of aryl methyl sites for hydroxylation is 1. The normalized spacial score (nSPS) is 11.0.